The van der Waals surface area contributed by atoms with Crippen LogP contribution in [0.1, 0.15) is 42.6 Å². The van der Waals surface area contributed by atoms with Gasteiger partial charge in [0, 0.05) is 5.69 Å². The predicted molar refractivity (Wildman–Crippen MR) is 69.9 cm³/mol. The van der Waals surface area contributed by atoms with Crippen LogP contribution in [0.2, 0.25) is 0 Å². The molecule has 1 aromatic carbocycles. The van der Waals surface area contributed by atoms with Crippen molar-refractivity contribution in [3.05, 3.63) is 29.3 Å². The van der Waals surface area contributed by atoms with Crippen molar-refractivity contribution in [2.24, 2.45) is 5.92 Å². The monoisotopic (exact) mass is 235 g/mol. The first kappa shape index (κ1) is 13.6. The molecule has 0 saturated carbocycles. The van der Waals surface area contributed by atoms with E-state index in [-0.39, 0.29) is 5.97 Å². The first-order chi connectivity index (χ1) is 8.00. The minimum absolute atomic E-state index is 0.267. The van der Waals surface area contributed by atoms with E-state index in [1.807, 2.05) is 6.92 Å². The normalized spacial score (nSPS) is 10.6. The Morgan fingerprint density at radius 3 is 2.71 bits per heavy atom. The van der Waals surface area contributed by atoms with Gasteiger partial charge in [-0.3, -0.25) is 0 Å². The van der Waals surface area contributed by atoms with Gasteiger partial charge in [-0.1, -0.05) is 13.8 Å². The number of esters is 1. The van der Waals surface area contributed by atoms with Crippen LogP contribution in [-0.2, 0) is 4.74 Å². The van der Waals surface area contributed by atoms with E-state index in [2.05, 4.69) is 13.8 Å². The summed E-state index contributed by atoms with van der Waals surface area (Å²) in [6.07, 6.45) is 1.99. The van der Waals surface area contributed by atoms with Crippen molar-refractivity contribution >= 4 is 11.7 Å². The van der Waals surface area contributed by atoms with Gasteiger partial charge in [0.05, 0.1) is 12.2 Å². The Labute approximate surface area is 103 Å². The summed E-state index contributed by atoms with van der Waals surface area (Å²) in [7, 11) is 0. The van der Waals surface area contributed by atoms with E-state index in [1.165, 1.54) is 0 Å². The van der Waals surface area contributed by atoms with E-state index in [9.17, 15) is 4.79 Å². The SMILES string of the molecule is Cc1cc(C(=O)OCCCC(C)C)ccc1N. The lowest BCUT2D eigenvalue weighted by atomic mass is 10.1. The zero-order chi connectivity index (χ0) is 12.8. The quantitative estimate of drug-likeness (QED) is 0.484. The molecule has 1 rings (SSSR count). The summed E-state index contributed by atoms with van der Waals surface area (Å²) in [5, 5.41) is 0. The van der Waals surface area contributed by atoms with Gasteiger partial charge in [-0.05, 0) is 49.4 Å². The summed E-state index contributed by atoms with van der Waals surface area (Å²) in [6.45, 7) is 6.68. The fourth-order valence-corrected chi connectivity index (χ4v) is 1.54. The molecule has 0 unspecified atom stereocenters. The summed E-state index contributed by atoms with van der Waals surface area (Å²) < 4.78 is 5.19. The van der Waals surface area contributed by atoms with E-state index in [0.29, 0.717) is 23.8 Å². The van der Waals surface area contributed by atoms with Gasteiger partial charge in [-0.15, -0.1) is 0 Å². The Kier molecular flexibility index (Phi) is 5.01. The summed E-state index contributed by atoms with van der Waals surface area (Å²) in [6, 6.07) is 5.20. The number of anilines is 1. The molecule has 3 heteroatoms. The van der Waals surface area contributed by atoms with Crippen LogP contribution in [0.15, 0.2) is 18.2 Å². The number of hydrogen-bond donors (Lipinski definition) is 1. The first-order valence-electron chi connectivity index (χ1n) is 6.04. The zero-order valence-electron chi connectivity index (χ0n) is 10.8. The van der Waals surface area contributed by atoms with E-state index in [0.717, 1.165) is 18.4 Å². The molecule has 2 N–H and O–H groups in total. The summed E-state index contributed by atoms with van der Waals surface area (Å²) >= 11 is 0. The molecular weight excluding hydrogens is 214 g/mol. The number of nitrogens with two attached hydrogens (primary N) is 1. The van der Waals surface area contributed by atoms with Gasteiger partial charge >= 0.3 is 5.97 Å². The third kappa shape index (κ3) is 4.47. The van der Waals surface area contributed by atoms with Crippen molar-refractivity contribution < 1.29 is 9.53 Å². The van der Waals surface area contributed by atoms with E-state index in [4.69, 9.17) is 10.5 Å². The van der Waals surface area contributed by atoms with Gasteiger partial charge in [0.15, 0.2) is 0 Å². The average Bonchev–Trinajstić information content (AvgIpc) is 2.27. The molecule has 0 aromatic heterocycles. The highest BCUT2D eigenvalue weighted by molar-refractivity contribution is 5.90. The molecule has 0 atom stereocenters. The highest BCUT2D eigenvalue weighted by Crippen LogP contribution is 2.13. The zero-order valence-corrected chi connectivity index (χ0v) is 10.8. The molecule has 0 heterocycles. The topological polar surface area (TPSA) is 52.3 Å². The van der Waals surface area contributed by atoms with Crippen LogP contribution in [0, 0.1) is 12.8 Å². The van der Waals surface area contributed by atoms with Gasteiger partial charge in [0.25, 0.3) is 0 Å². The Hall–Kier alpha value is -1.51. The van der Waals surface area contributed by atoms with Gasteiger partial charge in [0.2, 0.25) is 0 Å². The molecule has 0 fully saturated rings. The number of carbonyl (C=O) groups excluding carboxylic acids is 1. The number of nitrogen functional groups attached to an aromatic ring is 1. The van der Waals surface area contributed by atoms with Crippen molar-refractivity contribution in [2.45, 2.75) is 33.6 Å². The fraction of sp³-hybridized carbons (Fsp3) is 0.500. The van der Waals surface area contributed by atoms with Crippen molar-refractivity contribution in [3.8, 4) is 0 Å². The number of benzene rings is 1. The molecule has 1 aromatic rings. The Balaban J connectivity index is 2.44. The Bertz CT molecular complexity index is 386. The maximum Gasteiger partial charge on any atom is 0.338 e. The van der Waals surface area contributed by atoms with Crippen molar-refractivity contribution in [3.63, 3.8) is 0 Å². The third-order valence-corrected chi connectivity index (χ3v) is 2.66. The highest BCUT2D eigenvalue weighted by atomic mass is 16.5. The van der Waals surface area contributed by atoms with Crippen molar-refractivity contribution in [1.29, 1.82) is 0 Å². The maximum atomic E-state index is 11.7. The molecule has 0 aliphatic rings. The number of ether oxygens (including phenoxy) is 1. The fourth-order valence-electron chi connectivity index (χ4n) is 1.54. The van der Waals surface area contributed by atoms with Crippen LogP contribution in [0.4, 0.5) is 5.69 Å². The van der Waals surface area contributed by atoms with Crippen molar-refractivity contribution in [1.82, 2.24) is 0 Å². The van der Waals surface area contributed by atoms with Gasteiger partial charge in [-0.25, -0.2) is 4.79 Å². The molecule has 0 spiro atoms. The van der Waals surface area contributed by atoms with Crippen LogP contribution >= 0.6 is 0 Å². The summed E-state index contributed by atoms with van der Waals surface area (Å²) in [4.78, 5) is 11.7. The minimum atomic E-state index is -0.267. The van der Waals surface area contributed by atoms with E-state index < -0.39 is 0 Å². The van der Waals surface area contributed by atoms with Crippen LogP contribution in [0.25, 0.3) is 0 Å². The Morgan fingerprint density at radius 2 is 2.12 bits per heavy atom. The number of rotatable bonds is 5. The molecule has 0 bridgehead atoms. The lowest BCUT2D eigenvalue weighted by Gasteiger charge is -2.07. The number of carbonyl (C=O) groups is 1. The van der Waals surface area contributed by atoms with Crippen molar-refractivity contribution in [2.75, 3.05) is 12.3 Å². The summed E-state index contributed by atoms with van der Waals surface area (Å²) in [5.74, 6) is 0.379. The molecule has 3 nitrogen and oxygen atoms in total. The van der Waals surface area contributed by atoms with Crippen LogP contribution in [0.5, 0.6) is 0 Å². The largest absolute Gasteiger partial charge is 0.462 e. The molecule has 0 aliphatic heterocycles. The molecule has 17 heavy (non-hydrogen) atoms. The third-order valence-electron chi connectivity index (χ3n) is 2.66. The number of hydrogen-bond acceptors (Lipinski definition) is 3. The first-order valence-corrected chi connectivity index (χ1v) is 6.04. The minimum Gasteiger partial charge on any atom is -0.462 e. The summed E-state index contributed by atoms with van der Waals surface area (Å²) in [5.41, 5.74) is 7.86. The van der Waals surface area contributed by atoms with Crippen LogP contribution < -0.4 is 5.73 Å². The second-order valence-corrected chi connectivity index (χ2v) is 4.74. The lowest BCUT2D eigenvalue weighted by Crippen LogP contribution is -2.07. The second kappa shape index (κ2) is 6.28. The molecule has 0 aliphatic carbocycles. The smallest absolute Gasteiger partial charge is 0.338 e. The maximum absolute atomic E-state index is 11.7. The molecule has 94 valence electrons. The molecular formula is C14H21NO2. The second-order valence-electron chi connectivity index (χ2n) is 4.74. The highest BCUT2D eigenvalue weighted by Gasteiger charge is 2.08. The standard InChI is InChI=1S/C14H21NO2/c1-10(2)5-4-8-17-14(16)12-6-7-13(15)11(3)9-12/h6-7,9-10H,4-5,8,15H2,1-3H3. The van der Waals surface area contributed by atoms with Gasteiger partial charge in [0.1, 0.15) is 0 Å². The van der Waals surface area contributed by atoms with E-state index in [1.54, 1.807) is 18.2 Å². The molecule has 0 saturated heterocycles. The number of aryl methyl sites for hydroxylation is 1. The van der Waals surface area contributed by atoms with E-state index >= 15 is 0 Å². The molecule has 0 radical (unpaired) electrons. The van der Waals surface area contributed by atoms with Gasteiger partial charge < -0.3 is 10.5 Å². The van der Waals surface area contributed by atoms with Gasteiger partial charge in [-0.2, -0.15) is 0 Å². The van der Waals surface area contributed by atoms with Crippen LogP contribution in [0.3, 0.4) is 0 Å². The van der Waals surface area contributed by atoms with Crippen LogP contribution in [-0.4, -0.2) is 12.6 Å². The lowest BCUT2D eigenvalue weighted by molar-refractivity contribution is 0.0494. The Morgan fingerprint density at radius 1 is 1.41 bits per heavy atom. The predicted octanol–water partition coefficient (Wildman–Crippen LogP) is 3.17. The molecule has 0 amide bonds. The average molecular weight is 235 g/mol.